The molecule has 8 heteroatoms. The first-order valence-corrected chi connectivity index (χ1v) is 6.40. The minimum Gasteiger partial charge on any atom is -0.357 e. The molecule has 2 aromatic heterocycles. The highest BCUT2D eigenvalue weighted by Crippen LogP contribution is 2.23. The fraction of sp³-hybridized carbons (Fsp3) is 0.500. The van der Waals surface area contributed by atoms with E-state index >= 15 is 0 Å². The SMILES string of the molecule is CCN(CC(=O)N(C)C)c1nc(NC)nc2[nH]ncc12. The van der Waals surface area contributed by atoms with Crippen LogP contribution in [0, 0.1) is 0 Å². The van der Waals surface area contributed by atoms with Crippen LogP contribution in [-0.4, -0.2) is 65.2 Å². The molecule has 2 heterocycles. The summed E-state index contributed by atoms with van der Waals surface area (Å²) in [6.07, 6.45) is 1.67. The number of amides is 1. The summed E-state index contributed by atoms with van der Waals surface area (Å²) in [5, 5.41) is 10.5. The number of hydrogen-bond acceptors (Lipinski definition) is 6. The van der Waals surface area contributed by atoms with Crippen molar-refractivity contribution in [2.45, 2.75) is 6.92 Å². The third-order valence-electron chi connectivity index (χ3n) is 3.02. The minimum atomic E-state index is 0.0214. The first kappa shape index (κ1) is 14.0. The van der Waals surface area contributed by atoms with Crippen molar-refractivity contribution >= 4 is 28.7 Å². The number of nitrogens with one attached hydrogen (secondary N) is 2. The Morgan fingerprint density at radius 3 is 2.75 bits per heavy atom. The minimum absolute atomic E-state index is 0.0214. The van der Waals surface area contributed by atoms with Crippen molar-refractivity contribution in [3.63, 3.8) is 0 Å². The average Bonchev–Trinajstić information content (AvgIpc) is 2.91. The molecule has 1 amide bonds. The van der Waals surface area contributed by atoms with Gasteiger partial charge in [-0.2, -0.15) is 15.1 Å². The van der Waals surface area contributed by atoms with Crippen LogP contribution in [0.1, 0.15) is 6.92 Å². The zero-order valence-corrected chi connectivity index (χ0v) is 12.1. The quantitative estimate of drug-likeness (QED) is 0.817. The molecule has 0 radical (unpaired) electrons. The number of aromatic amines is 1. The van der Waals surface area contributed by atoms with Gasteiger partial charge in [0.25, 0.3) is 0 Å². The largest absolute Gasteiger partial charge is 0.357 e. The van der Waals surface area contributed by atoms with Crippen molar-refractivity contribution in [3.05, 3.63) is 6.20 Å². The van der Waals surface area contributed by atoms with Crippen molar-refractivity contribution in [1.82, 2.24) is 25.1 Å². The summed E-state index contributed by atoms with van der Waals surface area (Å²) >= 11 is 0. The summed E-state index contributed by atoms with van der Waals surface area (Å²) in [6, 6.07) is 0. The van der Waals surface area contributed by atoms with Gasteiger partial charge in [0.1, 0.15) is 5.82 Å². The summed E-state index contributed by atoms with van der Waals surface area (Å²) in [5.74, 6) is 1.21. The van der Waals surface area contributed by atoms with Crippen LogP contribution in [-0.2, 0) is 4.79 Å². The lowest BCUT2D eigenvalue weighted by Gasteiger charge is -2.23. The number of likely N-dealkylation sites (N-methyl/N-ethyl adjacent to an activating group) is 2. The van der Waals surface area contributed by atoms with Crippen LogP contribution in [0.3, 0.4) is 0 Å². The smallest absolute Gasteiger partial charge is 0.241 e. The normalized spacial score (nSPS) is 10.6. The molecule has 2 rings (SSSR count). The first-order valence-electron chi connectivity index (χ1n) is 6.40. The van der Waals surface area contributed by atoms with Crippen LogP contribution in [0.5, 0.6) is 0 Å². The molecule has 0 aliphatic carbocycles. The molecule has 0 saturated carbocycles. The molecular weight excluding hydrogens is 258 g/mol. The maximum Gasteiger partial charge on any atom is 0.241 e. The molecule has 20 heavy (non-hydrogen) atoms. The van der Waals surface area contributed by atoms with Crippen molar-refractivity contribution < 1.29 is 4.79 Å². The van der Waals surface area contributed by atoms with Crippen molar-refractivity contribution in [2.24, 2.45) is 0 Å². The van der Waals surface area contributed by atoms with E-state index in [0.29, 0.717) is 24.0 Å². The van der Waals surface area contributed by atoms with Crippen LogP contribution in [0.25, 0.3) is 11.0 Å². The molecule has 8 nitrogen and oxygen atoms in total. The number of carbonyl (C=O) groups excluding carboxylic acids is 1. The predicted molar refractivity (Wildman–Crippen MR) is 77.8 cm³/mol. The number of aromatic nitrogens is 4. The number of nitrogens with zero attached hydrogens (tertiary/aromatic N) is 5. The van der Waals surface area contributed by atoms with Gasteiger partial charge in [-0.3, -0.25) is 9.89 Å². The second-order valence-electron chi connectivity index (χ2n) is 4.56. The molecule has 2 aromatic rings. The molecular formula is C12H19N7O. The van der Waals surface area contributed by atoms with Crippen LogP contribution in [0.4, 0.5) is 11.8 Å². The van der Waals surface area contributed by atoms with E-state index in [2.05, 4.69) is 25.5 Å². The van der Waals surface area contributed by atoms with Gasteiger partial charge in [0.2, 0.25) is 11.9 Å². The second-order valence-corrected chi connectivity index (χ2v) is 4.56. The molecule has 0 aromatic carbocycles. The van der Waals surface area contributed by atoms with Crippen LogP contribution >= 0.6 is 0 Å². The van der Waals surface area contributed by atoms with E-state index < -0.39 is 0 Å². The van der Waals surface area contributed by atoms with Gasteiger partial charge in [0.05, 0.1) is 18.1 Å². The Kier molecular flexibility index (Phi) is 4.02. The maximum absolute atomic E-state index is 11.9. The molecule has 0 spiro atoms. The second kappa shape index (κ2) is 5.72. The highest BCUT2D eigenvalue weighted by atomic mass is 16.2. The molecule has 0 atom stereocenters. The number of anilines is 2. The number of rotatable bonds is 5. The lowest BCUT2D eigenvalue weighted by molar-refractivity contribution is -0.127. The van der Waals surface area contributed by atoms with Crippen LogP contribution in [0.15, 0.2) is 6.20 Å². The van der Waals surface area contributed by atoms with E-state index in [4.69, 9.17) is 0 Å². The average molecular weight is 277 g/mol. The highest BCUT2D eigenvalue weighted by molar-refractivity contribution is 5.90. The van der Waals surface area contributed by atoms with E-state index in [1.165, 1.54) is 0 Å². The fourth-order valence-corrected chi connectivity index (χ4v) is 1.81. The summed E-state index contributed by atoms with van der Waals surface area (Å²) in [5.41, 5.74) is 0.648. The van der Waals surface area contributed by atoms with Gasteiger partial charge in [-0.25, -0.2) is 0 Å². The molecule has 2 N–H and O–H groups in total. The lowest BCUT2D eigenvalue weighted by atomic mass is 10.3. The first-order chi connectivity index (χ1) is 9.56. The number of hydrogen-bond donors (Lipinski definition) is 2. The summed E-state index contributed by atoms with van der Waals surface area (Å²) in [6.45, 7) is 2.92. The van der Waals surface area contributed by atoms with Crippen LogP contribution in [0.2, 0.25) is 0 Å². The Bertz CT molecular complexity index is 607. The van der Waals surface area contributed by atoms with Gasteiger partial charge in [-0.1, -0.05) is 0 Å². The Balaban J connectivity index is 2.42. The van der Waals surface area contributed by atoms with Gasteiger partial charge in [-0.05, 0) is 6.92 Å². The molecule has 0 fully saturated rings. The molecule has 0 bridgehead atoms. The van der Waals surface area contributed by atoms with Gasteiger partial charge < -0.3 is 15.1 Å². The van der Waals surface area contributed by atoms with Gasteiger partial charge >= 0.3 is 0 Å². The van der Waals surface area contributed by atoms with E-state index in [1.54, 1.807) is 32.2 Å². The van der Waals surface area contributed by atoms with E-state index in [-0.39, 0.29) is 12.5 Å². The molecule has 108 valence electrons. The lowest BCUT2D eigenvalue weighted by Crippen LogP contribution is -2.37. The monoisotopic (exact) mass is 277 g/mol. The molecule has 0 aliphatic rings. The van der Waals surface area contributed by atoms with Crippen molar-refractivity contribution in [3.8, 4) is 0 Å². The van der Waals surface area contributed by atoms with Crippen molar-refractivity contribution in [1.29, 1.82) is 0 Å². The highest BCUT2D eigenvalue weighted by Gasteiger charge is 2.17. The fourth-order valence-electron chi connectivity index (χ4n) is 1.81. The van der Waals surface area contributed by atoms with E-state index in [1.807, 2.05) is 11.8 Å². The molecule has 0 unspecified atom stereocenters. The maximum atomic E-state index is 11.9. The van der Waals surface area contributed by atoms with Gasteiger partial charge in [0.15, 0.2) is 5.65 Å². The third kappa shape index (κ3) is 2.63. The summed E-state index contributed by atoms with van der Waals surface area (Å²) in [4.78, 5) is 24.1. The van der Waals surface area contributed by atoms with Crippen molar-refractivity contribution in [2.75, 3.05) is 44.4 Å². The Morgan fingerprint density at radius 2 is 2.15 bits per heavy atom. The van der Waals surface area contributed by atoms with Gasteiger partial charge in [-0.15, -0.1) is 0 Å². The van der Waals surface area contributed by atoms with Gasteiger partial charge in [0, 0.05) is 27.7 Å². The Hall–Kier alpha value is -2.38. The van der Waals surface area contributed by atoms with E-state index in [9.17, 15) is 4.79 Å². The number of fused-ring (bicyclic) bond motifs is 1. The standard InChI is InChI=1S/C12H19N7O/c1-5-19(7-9(20)18(3)4)11-8-6-14-17-10(8)15-12(13-2)16-11/h6H,5,7H2,1-4H3,(H2,13,14,15,16,17). The number of carbonyl (C=O) groups is 1. The summed E-state index contributed by atoms with van der Waals surface area (Å²) in [7, 11) is 5.23. The zero-order chi connectivity index (χ0) is 14.7. The molecule has 0 saturated heterocycles. The zero-order valence-electron chi connectivity index (χ0n) is 12.1. The van der Waals surface area contributed by atoms with E-state index in [0.717, 1.165) is 5.39 Å². The van der Waals surface area contributed by atoms with Crippen LogP contribution < -0.4 is 10.2 Å². The Labute approximate surface area is 117 Å². The predicted octanol–water partition coefficient (Wildman–Crippen LogP) is 0.309. The summed E-state index contributed by atoms with van der Waals surface area (Å²) < 4.78 is 0. The molecule has 0 aliphatic heterocycles. The third-order valence-corrected chi connectivity index (χ3v) is 3.02. The number of H-pyrrole nitrogens is 1. The Morgan fingerprint density at radius 1 is 1.40 bits per heavy atom. The topological polar surface area (TPSA) is 90.0 Å².